The van der Waals surface area contributed by atoms with Crippen LogP contribution in [0.3, 0.4) is 0 Å². The van der Waals surface area contributed by atoms with E-state index in [1.54, 1.807) is 18.4 Å². The van der Waals surface area contributed by atoms with Crippen LogP contribution < -0.4 is 9.64 Å². The normalized spacial score (nSPS) is 20.7. The average Bonchev–Trinajstić information content (AvgIpc) is 3.16. The van der Waals surface area contributed by atoms with Crippen LogP contribution in [-0.2, 0) is 4.74 Å². The van der Waals surface area contributed by atoms with Gasteiger partial charge in [-0.3, -0.25) is 0 Å². The predicted octanol–water partition coefficient (Wildman–Crippen LogP) is 2.66. The molecule has 2 fully saturated rings. The third-order valence-corrected chi connectivity index (χ3v) is 6.46. The lowest BCUT2D eigenvalue weighted by Crippen LogP contribution is -2.54. The molecule has 8 heteroatoms. The van der Waals surface area contributed by atoms with Crippen molar-refractivity contribution in [1.82, 2.24) is 14.8 Å². The molecule has 146 valence electrons. The number of hydrogen-bond acceptors (Lipinski definition) is 6. The number of carbonyl (C=O) groups is 1. The molecule has 0 N–H and O–H groups in total. The molecule has 7 nitrogen and oxygen atoms in total. The molecular formula is C19H26N4O3S. The summed E-state index contributed by atoms with van der Waals surface area (Å²) in [6, 6.07) is 6.30. The molecule has 4 rings (SSSR count). The number of fused-ring (bicyclic) bond motifs is 1. The topological polar surface area (TPSA) is 58.1 Å². The Morgan fingerprint density at radius 1 is 1.33 bits per heavy atom. The summed E-state index contributed by atoms with van der Waals surface area (Å²) >= 11 is 1.69. The van der Waals surface area contributed by atoms with E-state index in [0.29, 0.717) is 26.3 Å². The van der Waals surface area contributed by atoms with E-state index in [4.69, 9.17) is 14.5 Å². The Bertz CT molecular complexity index is 805. The van der Waals surface area contributed by atoms with Crippen LogP contribution in [0.5, 0.6) is 5.75 Å². The van der Waals surface area contributed by atoms with Crippen molar-refractivity contribution in [3.63, 3.8) is 0 Å². The number of rotatable bonds is 3. The molecule has 0 radical (unpaired) electrons. The third kappa shape index (κ3) is 3.82. The Morgan fingerprint density at radius 3 is 2.93 bits per heavy atom. The summed E-state index contributed by atoms with van der Waals surface area (Å²) in [5.41, 5.74) is 0.996. The van der Waals surface area contributed by atoms with Gasteiger partial charge in [-0.2, -0.15) is 0 Å². The van der Waals surface area contributed by atoms with Crippen molar-refractivity contribution in [1.29, 1.82) is 0 Å². The van der Waals surface area contributed by atoms with E-state index < -0.39 is 0 Å². The fraction of sp³-hybridized carbons (Fsp3) is 0.579. The standard InChI is InChI=1S/C19H26N4O3S/c1-21(19(24)22-8-10-26-11-9-22)14-4-3-7-23(13-14)18-20-16-6-5-15(25-2)12-17(16)27-18/h5-6,12,14H,3-4,7-11,13H2,1-2H3. The molecule has 0 saturated carbocycles. The maximum atomic E-state index is 12.8. The SMILES string of the molecule is COc1ccc2nc(N3CCCC(N(C)C(=O)N4CCOCC4)C3)sc2c1. The van der Waals surface area contributed by atoms with Gasteiger partial charge >= 0.3 is 6.03 Å². The van der Waals surface area contributed by atoms with Crippen LogP contribution >= 0.6 is 11.3 Å². The van der Waals surface area contributed by atoms with Gasteiger partial charge in [-0.1, -0.05) is 11.3 Å². The summed E-state index contributed by atoms with van der Waals surface area (Å²) in [6.07, 6.45) is 2.09. The van der Waals surface area contributed by atoms with E-state index in [1.807, 2.05) is 35.0 Å². The Hall–Kier alpha value is -2.06. The Labute approximate surface area is 163 Å². The average molecular weight is 391 g/mol. The number of benzene rings is 1. The number of thiazole rings is 1. The van der Waals surface area contributed by atoms with Crippen molar-refractivity contribution in [2.75, 3.05) is 58.5 Å². The van der Waals surface area contributed by atoms with Gasteiger partial charge in [0.05, 0.1) is 36.6 Å². The molecule has 27 heavy (non-hydrogen) atoms. The number of aromatic nitrogens is 1. The Kier molecular flexibility index (Phi) is 5.36. The van der Waals surface area contributed by atoms with Crippen molar-refractivity contribution in [2.24, 2.45) is 0 Å². The molecule has 2 saturated heterocycles. The molecule has 1 atom stereocenters. The van der Waals surface area contributed by atoms with Crippen molar-refractivity contribution < 1.29 is 14.3 Å². The smallest absolute Gasteiger partial charge is 0.320 e. The van der Waals surface area contributed by atoms with Crippen LogP contribution in [0.25, 0.3) is 10.2 Å². The van der Waals surface area contributed by atoms with E-state index in [1.165, 1.54) is 0 Å². The first-order valence-electron chi connectivity index (χ1n) is 9.44. The first kappa shape index (κ1) is 18.3. The lowest BCUT2D eigenvalue weighted by molar-refractivity contribution is 0.0414. The number of likely N-dealkylation sites (N-methyl/N-ethyl adjacent to an activating group) is 1. The number of piperidine rings is 1. The van der Waals surface area contributed by atoms with Crippen LogP contribution in [0.2, 0.25) is 0 Å². The van der Waals surface area contributed by atoms with E-state index >= 15 is 0 Å². The summed E-state index contributed by atoms with van der Waals surface area (Å²) in [6.45, 7) is 4.42. The van der Waals surface area contributed by atoms with Gasteiger partial charge < -0.3 is 24.2 Å². The van der Waals surface area contributed by atoms with E-state index in [2.05, 4.69) is 4.90 Å². The molecule has 0 bridgehead atoms. The minimum absolute atomic E-state index is 0.110. The van der Waals surface area contributed by atoms with Gasteiger partial charge in [-0.05, 0) is 31.0 Å². The number of hydrogen-bond donors (Lipinski definition) is 0. The molecule has 0 spiro atoms. The van der Waals surface area contributed by atoms with Gasteiger partial charge in [0.15, 0.2) is 5.13 Å². The number of carbonyl (C=O) groups excluding carboxylic acids is 1. The number of methoxy groups -OCH3 is 1. The van der Waals surface area contributed by atoms with Crippen LogP contribution in [0.1, 0.15) is 12.8 Å². The second-order valence-electron chi connectivity index (χ2n) is 7.07. The fourth-order valence-electron chi connectivity index (χ4n) is 3.73. The second-order valence-corrected chi connectivity index (χ2v) is 8.07. The highest BCUT2D eigenvalue weighted by molar-refractivity contribution is 7.22. The fourth-order valence-corrected chi connectivity index (χ4v) is 4.76. The van der Waals surface area contributed by atoms with Crippen LogP contribution in [0.15, 0.2) is 18.2 Å². The highest BCUT2D eigenvalue weighted by Gasteiger charge is 2.30. The molecule has 2 aromatic rings. The van der Waals surface area contributed by atoms with E-state index in [-0.39, 0.29) is 12.1 Å². The zero-order valence-electron chi connectivity index (χ0n) is 15.9. The number of nitrogens with zero attached hydrogens (tertiary/aromatic N) is 4. The molecule has 2 aliphatic heterocycles. The molecule has 3 heterocycles. The van der Waals surface area contributed by atoms with Gasteiger partial charge in [0, 0.05) is 33.2 Å². The number of morpholine rings is 1. The van der Waals surface area contributed by atoms with Crippen molar-refractivity contribution in [2.45, 2.75) is 18.9 Å². The lowest BCUT2D eigenvalue weighted by atomic mass is 10.1. The Balaban J connectivity index is 1.46. The van der Waals surface area contributed by atoms with Gasteiger partial charge in [0.25, 0.3) is 0 Å². The van der Waals surface area contributed by atoms with Gasteiger partial charge in [0.2, 0.25) is 0 Å². The summed E-state index contributed by atoms with van der Waals surface area (Å²) < 4.78 is 11.8. The summed E-state index contributed by atoms with van der Waals surface area (Å²) in [7, 11) is 3.61. The predicted molar refractivity (Wildman–Crippen MR) is 107 cm³/mol. The van der Waals surface area contributed by atoms with Crippen LogP contribution in [-0.4, -0.2) is 80.4 Å². The minimum atomic E-state index is 0.110. The Morgan fingerprint density at radius 2 is 2.15 bits per heavy atom. The summed E-state index contributed by atoms with van der Waals surface area (Å²) in [4.78, 5) is 23.7. The number of ether oxygens (including phenoxy) is 2. The molecule has 1 unspecified atom stereocenters. The highest BCUT2D eigenvalue weighted by atomic mass is 32.1. The molecule has 1 aromatic carbocycles. The maximum Gasteiger partial charge on any atom is 0.320 e. The lowest BCUT2D eigenvalue weighted by Gasteiger charge is -2.40. The largest absolute Gasteiger partial charge is 0.497 e. The summed E-state index contributed by atoms with van der Waals surface area (Å²) in [5.74, 6) is 0.852. The van der Waals surface area contributed by atoms with Crippen molar-refractivity contribution in [3.8, 4) is 5.75 Å². The van der Waals surface area contributed by atoms with E-state index in [9.17, 15) is 4.79 Å². The summed E-state index contributed by atoms with van der Waals surface area (Å²) in [5, 5.41) is 1.02. The molecule has 1 aromatic heterocycles. The van der Waals surface area contributed by atoms with Crippen molar-refractivity contribution >= 4 is 32.7 Å². The number of amides is 2. The zero-order chi connectivity index (χ0) is 18.8. The molecule has 2 aliphatic rings. The molecular weight excluding hydrogens is 364 g/mol. The van der Waals surface area contributed by atoms with E-state index in [0.717, 1.165) is 47.0 Å². The second kappa shape index (κ2) is 7.90. The van der Waals surface area contributed by atoms with Gasteiger partial charge in [-0.15, -0.1) is 0 Å². The molecule has 0 aliphatic carbocycles. The minimum Gasteiger partial charge on any atom is -0.497 e. The highest BCUT2D eigenvalue weighted by Crippen LogP contribution is 2.33. The quantitative estimate of drug-likeness (QED) is 0.806. The number of urea groups is 1. The van der Waals surface area contributed by atoms with Gasteiger partial charge in [0.1, 0.15) is 5.75 Å². The van der Waals surface area contributed by atoms with Crippen LogP contribution in [0.4, 0.5) is 9.93 Å². The third-order valence-electron chi connectivity index (χ3n) is 5.38. The first-order chi connectivity index (χ1) is 13.2. The first-order valence-corrected chi connectivity index (χ1v) is 10.3. The van der Waals surface area contributed by atoms with Gasteiger partial charge in [-0.25, -0.2) is 9.78 Å². The molecule has 2 amide bonds. The monoisotopic (exact) mass is 390 g/mol. The number of anilines is 1. The van der Waals surface area contributed by atoms with Crippen LogP contribution in [0, 0.1) is 0 Å². The van der Waals surface area contributed by atoms with Crippen molar-refractivity contribution in [3.05, 3.63) is 18.2 Å². The maximum absolute atomic E-state index is 12.8. The zero-order valence-corrected chi connectivity index (χ0v) is 16.7.